The van der Waals surface area contributed by atoms with Crippen molar-refractivity contribution in [2.75, 3.05) is 24.7 Å². The smallest absolute Gasteiger partial charge is 0.159 e. The summed E-state index contributed by atoms with van der Waals surface area (Å²) in [5.74, 6) is 0. The van der Waals surface area contributed by atoms with Crippen molar-refractivity contribution in [1.29, 1.82) is 0 Å². The zero-order valence-corrected chi connectivity index (χ0v) is 16.2. The van der Waals surface area contributed by atoms with Gasteiger partial charge in [-0.05, 0) is 42.3 Å². The molecule has 0 amide bonds. The summed E-state index contributed by atoms with van der Waals surface area (Å²) in [5.41, 5.74) is 3.39. The van der Waals surface area contributed by atoms with Crippen LogP contribution in [0, 0.1) is 0 Å². The molecule has 0 saturated carbocycles. The van der Waals surface area contributed by atoms with Crippen LogP contribution in [0.4, 0.5) is 5.69 Å². The second-order valence-corrected chi connectivity index (χ2v) is 7.34. The van der Waals surface area contributed by atoms with Gasteiger partial charge < -0.3 is 14.4 Å². The van der Waals surface area contributed by atoms with Gasteiger partial charge in [0, 0.05) is 48.9 Å². The van der Waals surface area contributed by atoms with Gasteiger partial charge in [0.25, 0.3) is 0 Å². The topological polar surface area (TPSA) is 39.5 Å². The summed E-state index contributed by atoms with van der Waals surface area (Å²) >= 11 is 6.04. The van der Waals surface area contributed by atoms with E-state index < -0.39 is 0 Å². The van der Waals surface area contributed by atoms with Crippen LogP contribution in [-0.2, 0) is 23.1 Å². The summed E-state index contributed by atoms with van der Waals surface area (Å²) in [6.07, 6.45) is 3.74. The van der Waals surface area contributed by atoms with Crippen LogP contribution in [0.2, 0.25) is 5.02 Å². The van der Waals surface area contributed by atoms with Crippen molar-refractivity contribution < 1.29 is 9.47 Å². The van der Waals surface area contributed by atoms with Crippen LogP contribution in [0.25, 0.3) is 10.9 Å². The molecule has 0 bridgehead atoms. The van der Waals surface area contributed by atoms with E-state index in [0.29, 0.717) is 0 Å². The van der Waals surface area contributed by atoms with E-state index >= 15 is 0 Å². The number of fused-ring (bicyclic) bond motifs is 1. The molecular formula is C21H24ClN3O2. The van der Waals surface area contributed by atoms with Gasteiger partial charge in [-0.25, -0.2) is 0 Å². The average molecular weight is 386 g/mol. The lowest BCUT2D eigenvalue weighted by atomic mass is 10.1. The number of aromatic nitrogens is 2. The Hall–Kier alpha value is -2.08. The van der Waals surface area contributed by atoms with E-state index in [1.807, 2.05) is 30.1 Å². The van der Waals surface area contributed by atoms with Crippen molar-refractivity contribution in [2.45, 2.75) is 25.7 Å². The summed E-state index contributed by atoms with van der Waals surface area (Å²) in [6.45, 7) is 3.21. The number of aryl methyl sites for hydroxylation is 1. The maximum Gasteiger partial charge on any atom is 0.159 e. The molecule has 3 aromatic rings. The van der Waals surface area contributed by atoms with E-state index in [9.17, 15) is 0 Å². The van der Waals surface area contributed by atoms with E-state index in [1.54, 1.807) is 0 Å². The lowest BCUT2D eigenvalue weighted by molar-refractivity contribution is -0.179. The first-order chi connectivity index (χ1) is 13.2. The van der Waals surface area contributed by atoms with Crippen LogP contribution < -0.4 is 4.90 Å². The van der Waals surface area contributed by atoms with Crippen molar-refractivity contribution >= 4 is 28.2 Å². The molecule has 1 aliphatic rings. The maximum atomic E-state index is 6.04. The zero-order valence-electron chi connectivity index (χ0n) is 15.5. The molecule has 0 unspecified atom stereocenters. The van der Waals surface area contributed by atoms with Crippen LogP contribution in [0.15, 0.2) is 48.7 Å². The molecule has 2 aromatic carbocycles. The number of benzene rings is 2. The zero-order chi connectivity index (χ0) is 18.6. The third-order valence-corrected chi connectivity index (χ3v) is 5.04. The third-order valence-electron chi connectivity index (χ3n) is 4.79. The van der Waals surface area contributed by atoms with Gasteiger partial charge in [-0.3, -0.25) is 4.68 Å². The van der Waals surface area contributed by atoms with Crippen LogP contribution in [-0.4, -0.2) is 35.8 Å². The number of ether oxygens (including phenoxy) is 2. The molecule has 27 heavy (non-hydrogen) atoms. The number of hydrogen-bond donors (Lipinski definition) is 0. The van der Waals surface area contributed by atoms with Gasteiger partial charge in [0.05, 0.1) is 18.7 Å². The fourth-order valence-electron chi connectivity index (χ4n) is 3.41. The molecule has 1 aliphatic heterocycles. The first-order valence-corrected chi connectivity index (χ1v) is 9.71. The van der Waals surface area contributed by atoms with E-state index in [0.717, 1.165) is 55.1 Å². The molecule has 0 atom stereocenters. The number of halogens is 1. The molecule has 0 aliphatic carbocycles. The first-order valence-electron chi connectivity index (χ1n) is 9.33. The van der Waals surface area contributed by atoms with Gasteiger partial charge >= 0.3 is 0 Å². The van der Waals surface area contributed by atoms with Gasteiger partial charge in [0.2, 0.25) is 0 Å². The van der Waals surface area contributed by atoms with E-state index in [2.05, 4.69) is 40.3 Å². The highest BCUT2D eigenvalue weighted by Gasteiger charge is 2.17. The summed E-state index contributed by atoms with van der Waals surface area (Å²) in [5, 5.41) is 6.37. The van der Waals surface area contributed by atoms with Crippen molar-refractivity contribution in [1.82, 2.24) is 9.78 Å². The van der Waals surface area contributed by atoms with Crippen molar-refractivity contribution in [3.05, 3.63) is 59.2 Å². The molecule has 0 N–H and O–H groups in total. The van der Waals surface area contributed by atoms with Crippen molar-refractivity contribution in [3.8, 4) is 0 Å². The lowest BCUT2D eigenvalue weighted by Crippen LogP contribution is -2.31. The minimum atomic E-state index is -0.117. The molecular weight excluding hydrogens is 362 g/mol. The Kier molecular flexibility index (Phi) is 5.62. The summed E-state index contributed by atoms with van der Waals surface area (Å²) in [6, 6.07) is 14.4. The van der Waals surface area contributed by atoms with Gasteiger partial charge in [0.1, 0.15) is 0 Å². The van der Waals surface area contributed by atoms with Crippen molar-refractivity contribution in [3.63, 3.8) is 0 Å². The molecule has 5 nitrogen and oxygen atoms in total. The monoisotopic (exact) mass is 385 g/mol. The Morgan fingerprint density at radius 3 is 2.70 bits per heavy atom. The standard InChI is InChI=1S/C21H24ClN3O2/c1-24-15-17-13-19(7-8-20(17)23-24)25(10-9-21-26-11-2-12-27-21)14-16-3-5-18(22)6-4-16/h3-8,13,15,21H,2,9-12,14H2,1H3. The molecule has 142 valence electrons. The van der Waals surface area contributed by atoms with Crippen LogP contribution in [0.3, 0.4) is 0 Å². The lowest BCUT2D eigenvalue weighted by Gasteiger charge is -2.29. The minimum Gasteiger partial charge on any atom is -0.367 e. The number of hydrogen-bond acceptors (Lipinski definition) is 4. The molecule has 0 spiro atoms. The number of nitrogens with zero attached hydrogens (tertiary/aromatic N) is 3. The molecule has 2 heterocycles. The predicted octanol–water partition coefficient (Wildman–Crippen LogP) is 4.39. The molecule has 0 radical (unpaired) electrons. The van der Waals surface area contributed by atoms with E-state index in [1.165, 1.54) is 11.3 Å². The molecule has 4 rings (SSSR count). The van der Waals surface area contributed by atoms with Gasteiger partial charge in [-0.2, -0.15) is 5.10 Å². The molecule has 1 fully saturated rings. The quantitative estimate of drug-likeness (QED) is 0.631. The van der Waals surface area contributed by atoms with Gasteiger partial charge in [0.15, 0.2) is 6.29 Å². The maximum absolute atomic E-state index is 6.04. The largest absolute Gasteiger partial charge is 0.367 e. The Labute approximate surface area is 164 Å². The highest BCUT2D eigenvalue weighted by atomic mass is 35.5. The predicted molar refractivity (Wildman–Crippen MR) is 108 cm³/mol. The average Bonchev–Trinajstić information content (AvgIpc) is 3.06. The second-order valence-electron chi connectivity index (χ2n) is 6.91. The molecule has 1 saturated heterocycles. The Balaban J connectivity index is 1.55. The Morgan fingerprint density at radius 2 is 1.93 bits per heavy atom. The SMILES string of the molecule is Cn1cc2cc(N(CCC3OCCCO3)Cc3ccc(Cl)cc3)ccc2n1. The summed E-state index contributed by atoms with van der Waals surface area (Å²) in [4.78, 5) is 2.36. The minimum absolute atomic E-state index is 0.117. The fourth-order valence-corrected chi connectivity index (χ4v) is 3.53. The highest BCUT2D eigenvalue weighted by Crippen LogP contribution is 2.24. The highest BCUT2D eigenvalue weighted by molar-refractivity contribution is 6.30. The van der Waals surface area contributed by atoms with Gasteiger partial charge in [-0.15, -0.1) is 0 Å². The van der Waals surface area contributed by atoms with E-state index in [4.69, 9.17) is 21.1 Å². The van der Waals surface area contributed by atoms with Gasteiger partial charge in [-0.1, -0.05) is 23.7 Å². The van der Waals surface area contributed by atoms with Crippen molar-refractivity contribution in [2.24, 2.45) is 7.05 Å². The summed E-state index contributed by atoms with van der Waals surface area (Å²) < 4.78 is 13.3. The fraction of sp³-hybridized carbons (Fsp3) is 0.381. The Morgan fingerprint density at radius 1 is 1.15 bits per heavy atom. The first kappa shape index (κ1) is 18.3. The number of anilines is 1. The van der Waals surface area contributed by atoms with Crippen LogP contribution >= 0.6 is 11.6 Å². The summed E-state index contributed by atoms with van der Waals surface area (Å²) in [7, 11) is 1.95. The normalized spacial score (nSPS) is 15.3. The van der Waals surface area contributed by atoms with E-state index in [-0.39, 0.29) is 6.29 Å². The van der Waals surface area contributed by atoms with Crippen LogP contribution in [0.5, 0.6) is 0 Å². The number of rotatable bonds is 6. The Bertz CT molecular complexity index is 888. The third kappa shape index (κ3) is 4.61. The second kappa shape index (κ2) is 8.30. The van der Waals surface area contributed by atoms with Crippen LogP contribution in [0.1, 0.15) is 18.4 Å². The molecule has 6 heteroatoms. The molecule has 1 aromatic heterocycles.